The van der Waals surface area contributed by atoms with Gasteiger partial charge < -0.3 is 10.5 Å². The molecule has 3 nitrogen and oxygen atoms in total. The van der Waals surface area contributed by atoms with Gasteiger partial charge in [0.1, 0.15) is 11.8 Å². The molecule has 0 bridgehead atoms. The average molecular weight is 259 g/mol. The van der Waals surface area contributed by atoms with Gasteiger partial charge in [0.05, 0.1) is 5.02 Å². The lowest BCUT2D eigenvalue weighted by molar-refractivity contribution is 0.249. The maximum Gasteiger partial charge on any atom is 0.184 e. The summed E-state index contributed by atoms with van der Waals surface area (Å²) in [5.41, 5.74) is 6.27. The largest absolute Gasteiger partial charge is 0.474 e. The number of nitrogens with zero attached hydrogens (tertiary/aromatic N) is 1. The van der Waals surface area contributed by atoms with Gasteiger partial charge in [-0.15, -0.1) is 0 Å². The van der Waals surface area contributed by atoms with Gasteiger partial charge in [-0.3, -0.25) is 0 Å². The van der Waals surface area contributed by atoms with E-state index in [9.17, 15) is 0 Å². The molecule has 86 valence electrons. The maximum absolute atomic E-state index is 8.82. The van der Waals surface area contributed by atoms with Gasteiger partial charge in [0.2, 0.25) is 0 Å². The molecule has 1 aromatic rings. The molecule has 5 heteroatoms. The van der Waals surface area contributed by atoms with Crippen molar-refractivity contribution >= 4 is 23.2 Å². The molecule has 0 fully saturated rings. The van der Waals surface area contributed by atoms with Crippen LogP contribution in [0.5, 0.6) is 5.75 Å². The first-order valence-corrected chi connectivity index (χ1v) is 5.62. The zero-order chi connectivity index (χ0) is 12.1. The number of hydrogen-bond donors (Lipinski definition) is 1. The van der Waals surface area contributed by atoms with Gasteiger partial charge in [0.25, 0.3) is 0 Å². The van der Waals surface area contributed by atoms with Crippen molar-refractivity contribution in [2.45, 2.75) is 26.0 Å². The Labute approximate surface area is 105 Å². The molecule has 0 aromatic heterocycles. The third-order valence-corrected chi connectivity index (χ3v) is 2.58. The van der Waals surface area contributed by atoms with Crippen molar-refractivity contribution in [3.8, 4) is 11.8 Å². The highest BCUT2D eigenvalue weighted by Crippen LogP contribution is 2.33. The van der Waals surface area contributed by atoms with Gasteiger partial charge in [0.15, 0.2) is 6.10 Å². The van der Waals surface area contributed by atoms with Crippen molar-refractivity contribution in [3.63, 3.8) is 0 Å². The first kappa shape index (κ1) is 13.1. The highest BCUT2D eigenvalue weighted by molar-refractivity contribution is 6.35. The fourth-order valence-electron chi connectivity index (χ4n) is 1.24. The molecule has 1 unspecified atom stereocenters. The summed E-state index contributed by atoms with van der Waals surface area (Å²) in [5, 5.41) is 9.70. The third kappa shape index (κ3) is 3.02. The van der Waals surface area contributed by atoms with Crippen molar-refractivity contribution < 1.29 is 4.74 Å². The molecule has 0 radical (unpaired) electrons. The van der Waals surface area contributed by atoms with E-state index in [1.807, 2.05) is 13.0 Å². The van der Waals surface area contributed by atoms with E-state index < -0.39 is 6.10 Å². The van der Waals surface area contributed by atoms with Crippen LogP contribution in [0.3, 0.4) is 0 Å². The Kier molecular flexibility index (Phi) is 4.88. The highest BCUT2D eigenvalue weighted by Gasteiger charge is 2.14. The lowest BCUT2D eigenvalue weighted by atomic mass is 10.2. The Balaban J connectivity index is 3.07. The van der Waals surface area contributed by atoms with Crippen LogP contribution in [0, 0.1) is 11.3 Å². The fraction of sp³-hybridized carbons (Fsp3) is 0.364. The fourth-order valence-corrected chi connectivity index (χ4v) is 1.82. The molecular formula is C11H12Cl2N2O. The van der Waals surface area contributed by atoms with Gasteiger partial charge in [-0.1, -0.05) is 30.1 Å². The predicted molar refractivity (Wildman–Crippen MR) is 64.7 cm³/mol. The Morgan fingerprint density at radius 3 is 2.69 bits per heavy atom. The summed E-state index contributed by atoms with van der Waals surface area (Å²) >= 11 is 11.8. The molecule has 1 aromatic carbocycles. The van der Waals surface area contributed by atoms with E-state index in [0.29, 0.717) is 27.8 Å². The van der Waals surface area contributed by atoms with Crippen LogP contribution >= 0.6 is 23.2 Å². The van der Waals surface area contributed by atoms with Gasteiger partial charge >= 0.3 is 0 Å². The predicted octanol–water partition coefficient (Wildman–Crippen LogP) is 3.13. The quantitative estimate of drug-likeness (QED) is 0.903. The summed E-state index contributed by atoms with van der Waals surface area (Å²) in [7, 11) is 0. The van der Waals surface area contributed by atoms with Crippen molar-refractivity contribution in [1.29, 1.82) is 5.26 Å². The Morgan fingerprint density at radius 2 is 2.19 bits per heavy atom. The summed E-state index contributed by atoms with van der Waals surface area (Å²) in [6.45, 7) is 2.12. The van der Waals surface area contributed by atoms with E-state index in [2.05, 4.69) is 0 Å². The molecule has 0 aliphatic heterocycles. The molecule has 0 aliphatic carbocycles. The molecule has 0 saturated carbocycles. The van der Waals surface area contributed by atoms with Crippen LogP contribution in [0.1, 0.15) is 18.9 Å². The van der Waals surface area contributed by atoms with Crippen LogP contribution in [0.25, 0.3) is 0 Å². The van der Waals surface area contributed by atoms with Crippen molar-refractivity contribution in [2.75, 3.05) is 0 Å². The van der Waals surface area contributed by atoms with Crippen LogP contribution in [-0.4, -0.2) is 6.10 Å². The van der Waals surface area contributed by atoms with Crippen LogP contribution in [0.2, 0.25) is 10.0 Å². The van der Waals surface area contributed by atoms with E-state index in [1.165, 1.54) is 0 Å². The Bertz CT molecular complexity index is 415. The summed E-state index contributed by atoms with van der Waals surface area (Å²) in [6.07, 6.45) is 0.0587. The molecule has 0 heterocycles. The van der Waals surface area contributed by atoms with E-state index in [0.717, 1.165) is 0 Å². The smallest absolute Gasteiger partial charge is 0.184 e. The zero-order valence-corrected chi connectivity index (χ0v) is 10.3. The van der Waals surface area contributed by atoms with Crippen LogP contribution in [0.15, 0.2) is 12.1 Å². The molecular weight excluding hydrogens is 247 g/mol. The highest BCUT2D eigenvalue weighted by atomic mass is 35.5. The van der Waals surface area contributed by atoms with Crippen LogP contribution in [0.4, 0.5) is 0 Å². The minimum absolute atomic E-state index is 0.261. The monoisotopic (exact) mass is 258 g/mol. The SMILES string of the molecule is CCC(C#N)Oc1c(Cl)cc(Cl)cc1CN. The molecule has 0 saturated heterocycles. The molecule has 0 spiro atoms. The number of hydrogen-bond acceptors (Lipinski definition) is 3. The maximum atomic E-state index is 8.82. The second-order valence-electron chi connectivity index (χ2n) is 3.22. The second kappa shape index (κ2) is 5.95. The van der Waals surface area contributed by atoms with Crippen LogP contribution in [-0.2, 0) is 6.54 Å². The summed E-state index contributed by atoms with van der Waals surface area (Å²) in [5.74, 6) is 0.446. The van der Waals surface area contributed by atoms with Gasteiger partial charge in [-0.2, -0.15) is 5.26 Å². The number of halogens is 2. The summed E-state index contributed by atoms with van der Waals surface area (Å²) < 4.78 is 5.49. The van der Waals surface area contributed by atoms with Crippen molar-refractivity contribution in [3.05, 3.63) is 27.7 Å². The van der Waals surface area contributed by atoms with E-state index in [4.69, 9.17) is 38.9 Å². The minimum Gasteiger partial charge on any atom is -0.474 e. The average Bonchev–Trinajstić information content (AvgIpc) is 2.27. The minimum atomic E-state index is -0.524. The molecule has 1 atom stereocenters. The number of rotatable bonds is 4. The second-order valence-corrected chi connectivity index (χ2v) is 4.07. The van der Waals surface area contributed by atoms with Gasteiger partial charge in [-0.25, -0.2) is 0 Å². The first-order chi connectivity index (χ1) is 7.62. The normalized spacial score (nSPS) is 11.9. The van der Waals surface area contributed by atoms with E-state index in [-0.39, 0.29) is 6.54 Å². The zero-order valence-electron chi connectivity index (χ0n) is 8.84. The number of benzene rings is 1. The molecule has 0 aliphatic rings. The van der Waals surface area contributed by atoms with Crippen molar-refractivity contribution in [2.24, 2.45) is 5.73 Å². The number of nitrogens with two attached hydrogens (primary N) is 1. The summed E-state index contributed by atoms with van der Waals surface area (Å²) in [4.78, 5) is 0. The molecule has 0 amide bonds. The van der Waals surface area contributed by atoms with Crippen molar-refractivity contribution in [1.82, 2.24) is 0 Å². The van der Waals surface area contributed by atoms with Crippen LogP contribution < -0.4 is 10.5 Å². The molecule has 1 rings (SSSR count). The Hall–Kier alpha value is -0.950. The standard InChI is InChI=1S/C11H12Cl2N2O/c1-2-9(6-15)16-11-7(5-14)3-8(12)4-10(11)13/h3-4,9H,2,5,14H2,1H3. The molecule has 16 heavy (non-hydrogen) atoms. The topological polar surface area (TPSA) is 59.0 Å². The van der Waals surface area contributed by atoms with E-state index in [1.54, 1.807) is 12.1 Å². The molecule has 2 N–H and O–H groups in total. The number of ether oxygens (including phenoxy) is 1. The number of nitriles is 1. The first-order valence-electron chi connectivity index (χ1n) is 4.86. The van der Waals surface area contributed by atoms with E-state index >= 15 is 0 Å². The summed E-state index contributed by atoms with van der Waals surface area (Å²) in [6, 6.07) is 5.30. The van der Waals surface area contributed by atoms with Gasteiger partial charge in [0, 0.05) is 17.1 Å². The third-order valence-electron chi connectivity index (χ3n) is 2.08. The lowest BCUT2D eigenvalue weighted by Crippen LogP contribution is -2.14. The Morgan fingerprint density at radius 1 is 1.50 bits per heavy atom. The van der Waals surface area contributed by atoms with Gasteiger partial charge in [-0.05, 0) is 18.6 Å². The lowest BCUT2D eigenvalue weighted by Gasteiger charge is -2.15.